The predicted octanol–water partition coefficient (Wildman–Crippen LogP) is 4.00. The Kier molecular flexibility index (Phi) is 3.83. The van der Waals surface area contributed by atoms with Gasteiger partial charge in [0.15, 0.2) is 0 Å². The number of halogens is 3. The zero-order chi connectivity index (χ0) is 12.3. The lowest BCUT2D eigenvalue weighted by atomic mass is 10.0. The zero-order valence-electron chi connectivity index (χ0n) is 9.30. The summed E-state index contributed by atoms with van der Waals surface area (Å²) in [6.07, 6.45) is -3.05. The molecular formula is C12H15F3O. The lowest BCUT2D eigenvalue weighted by molar-refractivity contribution is -0.138. The maximum atomic E-state index is 12.5. The molecule has 0 saturated carbocycles. The summed E-state index contributed by atoms with van der Waals surface area (Å²) in [7, 11) is 0. The fourth-order valence-electron chi connectivity index (χ4n) is 1.42. The van der Waals surface area contributed by atoms with Crippen LogP contribution in [0.5, 0.6) is 5.75 Å². The van der Waals surface area contributed by atoms with Gasteiger partial charge in [-0.1, -0.05) is 19.9 Å². The average Bonchev–Trinajstić information content (AvgIpc) is 2.14. The number of hydrogen-bond donors (Lipinski definition) is 1. The number of phenolic OH excluding ortho intramolecular Hbond substituents is 1. The number of hydrogen-bond acceptors (Lipinski definition) is 1. The Balaban J connectivity index is 2.90. The van der Waals surface area contributed by atoms with Crippen molar-refractivity contribution in [1.82, 2.24) is 0 Å². The van der Waals surface area contributed by atoms with Gasteiger partial charge in [-0.2, -0.15) is 13.2 Å². The second-order valence-corrected chi connectivity index (χ2v) is 4.28. The van der Waals surface area contributed by atoms with Crippen LogP contribution in [0.25, 0.3) is 0 Å². The third kappa shape index (κ3) is 3.43. The van der Waals surface area contributed by atoms with E-state index in [-0.39, 0.29) is 0 Å². The summed E-state index contributed by atoms with van der Waals surface area (Å²) >= 11 is 0. The van der Waals surface area contributed by atoms with E-state index >= 15 is 0 Å². The molecule has 0 amide bonds. The number of benzene rings is 1. The van der Waals surface area contributed by atoms with Crippen molar-refractivity contribution in [2.45, 2.75) is 32.9 Å². The van der Waals surface area contributed by atoms with E-state index in [1.807, 2.05) is 13.8 Å². The van der Waals surface area contributed by atoms with Crippen molar-refractivity contribution in [3.8, 4) is 5.75 Å². The van der Waals surface area contributed by atoms with Crippen molar-refractivity contribution < 1.29 is 18.3 Å². The molecule has 0 atom stereocenters. The molecule has 1 N–H and O–H groups in total. The lowest BCUT2D eigenvalue weighted by Gasteiger charge is -2.11. The molecule has 16 heavy (non-hydrogen) atoms. The van der Waals surface area contributed by atoms with Crippen molar-refractivity contribution in [2.75, 3.05) is 0 Å². The highest BCUT2D eigenvalue weighted by molar-refractivity contribution is 5.38. The van der Waals surface area contributed by atoms with E-state index in [1.165, 1.54) is 6.07 Å². The van der Waals surface area contributed by atoms with Gasteiger partial charge in [-0.3, -0.25) is 0 Å². The minimum absolute atomic E-state index is 0.447. The van der Waals surface area contributed by atoms with Gasteiger partial charge >= 0.3 is 6.18 Å². The van der Waals surface area contributed by atoms with Crippen LogP contribution in [0.15, 0.2) is 18.2 Å². The summed E-state index contributed by atoms with van der Waals surface area (Å²) in [5.74, 6) is -0.260. The Morgan fingerprint density at radius 2 is 1.88 bits per heavy atom. The summed E-state index contributed by atoms with van der Waals surface area (Å²) in [6.45, 7) is 4.04. The number of aromatic hydroxyl groups is 1. The molecule has 0 saturated heterocycles. The average molecular weight is 232 g/mol. The highest BCUT2D eigenvalue weighted by atomic mass is 19.4. The van der Waals surface area contributed by atoms with Crippen molar-refractivity contribution in [1.29, 1.82) is 0 Å². The maximum Gasteiger partial charge on any atom is 0.419 e. The molecule has 0 bridgehead atoms. The first-order chi connectivity index (χ1) is 7.30. The fourth-order valence-corrected chi connectivity index (χ4v) is 1.42. The Labute approximate surface area is 92.9 Å². The van der Waals surface area contributed by atoms with E-state index in [0.29, 0.717) is 17.9 Å². The van der Waals surface area contributed by atoms with E-state index in [1.54, 1.807) is 0 Å². The zero-order valence-corrected chi connectivity index (χ0v) is 9.30. The van der Waals surface area contributed by atoms with Crippen molar-refractivity contribution in [3.05, 3.63) is 29.3 Å². The van der Waals surface area contributed by atoms with Gasteiger partial charge in [0.05, 0.1) is 5.56 Å². The second kappa shape index (κ2) is 4.76. The van der Waals surface area contributed by atoms with Gasteiger partial charge in [-0.05, 0) is 36.5 Å². The standard InChI is InChI=1S/C12H15F3O/c1-8(2)3-4-9-5-6-11(16)10(7-9)12(13,14)15/h5-8,16H,3-4H2,1-2H3. The van der Waals surface area contributed by atoms with Crippen LogP contribution in [0.1, 0.15) is 31.4 Å². The molecule has 0 fully saturated rings. The van der Waals surface area contributed by atoms with E-state index in [2.05, 4.69) is 0 Å². The monoisotopic (exact) mass is 232 g/mol. The summed E-state index contributed by atoms with van der Waals surface area (Å²) < 4.78 is 37.4. The lowest BCUT2D eigenvalue weighted by Crippen LogP contribution is -2.06. The van der Waals surface area contributed by atoms with Gasteiger partial charge < -0.3 is 5.11 Å². The molecule has 0 unspecified atom stereocenters. The molecular weight excluding hydrogens is 217 g/mol. The molecule has 1 rings (SSSR count). The van der Waals surface area contributed by atoms with Crippen LogP contribution in [-0.2, 0) is 12.6 Å². The summed E-state index contributed by atoms with van der Waals surface area (Å²) in [4.78, 5) is 0. The van der Waals surface area contributed by atoms with Gasteiger partial charge in [0.25, 0.3) is 0 Å². The third-order valence-corrected chi connectivity index (χ3v) is 2.38. The number of phenols is 1. The van der Waals surface area contributed by atoms with Crippen LogP contribution in [-0.4, -0.2) is 5.11 Å². The highest BCUT2D eigenvalue weighted by Crippen LogP contribution is 2.36. The van der Waals surface area contributed by atoms with Crippen LogP contribution >= 0.6 is 0 Å². The number of rotatable bonds is 3. The number of aryl methyl sites for hydroxylation is 1. The van der Waals surface area contributed by atoms with Gasteiger partial charge in [0, 0.05) is 0 Å². The Hall–Kier alpha value is -1.19. The van der Waals surface area contributed by atoms with E-state index in [0.717, 1.165) is 18.6 Å². The molecule has 90 valence electrons. The van der Waals surface area contributed by atoms with E-state index in [9.17, 15) is 13.2 Å². The predicted molar refractivity (Wildman–Crippen MR) is 56.3 cm³/mol. The van der Waals surface area contributed by atoms with Gasteiger partial charge in [0.1, 0.15) is 5.75 Å². The quantitative estimate of drug-likeness (QED) is 0.835. The molecule has 0 spiro atoms. The first-order valence-corrected chi connectivity index (χ1v) is 5.20. The second-order valence-electron chi connectivity index (χ2n) is 4.28. The van der Waals surface area contributed by atoms with E-state index in [4.69, 9.17) is 5.11 Å². The van der Waals surface area contributed by atoms with Crippen LogP contribution in [0.3, 0.4) is 0 Å². The molecule has 1 nitrogen and oxygen atoms in total. The molecule has 0 aliphatic heterocycles. The Bertz CT molecular complexity index is 356. The minimum atomic E-state index is -4.49. The normalized spacial score (nSPS) is 12.1. The molecule has 4 heteroatoms. The first kappa shape index (κ1) is 12.9. The van der Waals surface area contributed by atoms with Crippen LogP contribution in [0, 0.1) is 5.92 Å². The molecule has 0 radical (unpaired) electrons. The largest absolute Gasteiger partial charge is 0.507 e. The smallest absolute Gasteiger partial charge is 0.419 e. The summed E-state index contributed by atoms with van der Waals surface area (Å²) in [5, 5.41) is 9.13. The van der Waals surface area contributed by atoms with Crippen LogP contribution < -0.4 is 0 Å². The van der Waals surface area contributed by atoms with Crippen molar-refractivity contribution in [2.24, 2.45) is 5.92 Å². The summed E-state index contributed by atoms with van der Waals surface area (Å²) in [5.41, 5.74) is -0.340. The van der Waals surface area contributed by atoms with Crippen LogP contribution in [0.2, 0.25) is 0 Å². The Morgan fingerprint density at radius 1 is 1.25 bits per heavy atom. The summed E-state index contributed by atoms with van der Waals surface area (Å²) in [6, 6.07) is 3.67. The highest BCUT2D eigenvalue weighted by Gasteiger charge is 2.33. The van der Waals surface area contributed by atoms with Crippen molar-refractivity contribution in [3.63, 3.8) is 0 Å². The molecule has 0 heterocycles. The van der Waals surface area contributed by atoms with E-state index < -0.39 is 17.5 Å². The Morgan fingerprint density at radius 3 is 2.38 bits per heavy atom. The topological polar surface area (TPSA) is 20.2 Å². The van der Waals surface area contributed by atoms with Gasteiger partial charge in [-0.25, -0.2) is 0 Å². The van der Waals surface area contributed by atoms with Crippen molar-refractivity contribution >= 4 is 0 Å². The first-order valence-electron chi connectivity index (χ1n) is 5.20. The third-order valence-electron chi connectivity index (χ3n) is 2.38. The fraction of sp³-hybridized carbons (Fsp3) is 0.500. The minimum Gasteiger partial charge on any atom is -0.507 e. The SMILES string of the molecule is CC(C)CCc1ccc(O)c(C(F)(F)F)c1. The van der Waals surface area contributed by atoms with Gasteiger partial charge in [-0.15, -0.1) is 0 Å². The molecule has 0 aromatic heterocycles. The molecule has 0 aliphatic carbocycles. The molecule has 0 aliphatic rings. The molecule has 1 aromatic carbocycles. The van der Waals surface area contributed by atoms with Crippen LogP contribution in [0.4, 0.5) is 13.2 Å². The molecule has 1 aromatic rings. The number of alkyl halides is 3. The van der Waals surface area contributed by atoms with Gasteiger partial charge in [0.2, 0.25) is 0 Å². The maximum absolute atomic E-state index is 12.5.